The summed E-state index contributed by atoms with van der Waals surface area (Å²) in [4.78, 5) is 45.6. The number of nitrogens with zero attached hydrogens (tertiary/aromatic N) is 3. The SMILES string of the molecule is CCCCOc1ccc(N2C(=O)[C@H]3[C@H](ON(c4cccc([N+](=O)[O-])c4)[C@H]3c3cc(Br)c(O)c(OC)c3)C2=O)cc1. The molecule has 208 valence electrons. The Labute approximate surface area is 238 Å². The van der Waals surface area contributed by atoms with Gasteiger partial charge in [0.05, 0.1) is 40.5 Å². The highest BCUT2D eigenvalue weighted by molar-refractivity contribution is 9.10. The maximum atomic E-state index is 13.9. The molecule has 2 fully saturated rings. The van der Waals surface area contributed by atoms with Crippen molar-refractivity contribution in [2.45, 2.75) is 31.9 Å². The van der Waals surface area contributed by atoms with E-state index in [4.69, 9.17) is 14.3 Å². The number of amides is 2. The Bertz CT molecular complexity index is 1460. The number of phenols is 1. The number of nitro benzene ring substituents is 1. The van der Waals surface area contributed by atoms with E-state index in [1.165, 1.54) is 30.4 Å². The Morgan fingerprint density at radius 1 is 1.07 bits per heavy atom. The van der Waals surface area contributed by atoms with Crippen LogP contribution in [0.2, 0.25) is 0 Å². The standard InChI is InChI=1S/C28H26BrN3O8/c1-3-4-12-39-20-10-8-17(9-11-20)30-27(34)23-24(16-13-21(29)25(33)22(14-16)38-2)31(40-26(23)28(30)35)18-6-5-7-19(15-18)32(36)37/h5-11,13-15,23-24,26,33H,3-4,12H2,1-2H3/t23-,24+,26+/m1/s1. The number of rotatable bonds is 9. The number of ether oxygens (including phenoxy) is 2. The third kappa shape index (κ3) is 4.84. The van der Waals surface area contributed by atoms with Crippen molar-refractivity contribution in [1.82, 2.24) is 0 Å². The molecule has 0 unspecified atom stereocenters. The highest BCUT2D eigenvalue weighted by Crippen LogP contribution is 2.50. The van der Waals surface area contributed by atoms with Gasteiger partial charge in [0.15, 0.2) is 17.6 Å². The van der Waals surface area contributed by atoms with Gasteiger partial charge in [0.2, 0.25) is 5.91 Å². The van der Waals surface area contributed by atoms with E-state index in [9.17, 15) is 24.8 Å². The Morgan fingerprint density at radius 2 is 1.82 bits per heavy atom. The fraction of sp³-hybridized carbons (Fsp3) is 0.286. The number of nitro groups is 1. The van der Waals surface area contributed by atoms with E-state index < -0.39 is 34.8 Å². The lowest BCUT2D eigenvalue weighted by molar-refractivity contribution is -0.384. The van der Waals surface area contributed by atoms with Gasteiger partial charge in [-0.2, -0.15) is 0 Å². The third-order valence-corrected chi connectivity index (χ3v) is 7.49. The van der Waals surface area contributed by atoms with Crippen molar-refractivity contribution in [3.05, 3.63) is 80.8 Å². The molecule has 3 aromatic carbocycles. The third-order valence-electron chi connectivity index (χ3n) is 6.88. The fourth-order valence-corrected chi connectivity index (χ4v) is 5.38. The highest BCUT2D eigenvalue weighted by Gasteiger charge is 2.60. The molecule has 0 aromatic heterocycles. The Morgan fingerprint density at radius 3 is 2.50 bits per heavy atom. The van der Waals surface area contributed by atoms with E-state index in [1.807, 2.05) is 0 Å². The van der Waals surface area contributed by atoms with Crippen molar-refractivity contribution >= 4 is 44.8 Å². The molecule has 2 saturated heterocycles. The molecule has 2 aliphatic heterocycles. The number of carbonyl (C=O) groups is 2. The molecule has 2 aliphatic rings. The van der Waals surface area contributed by atoms with E-state index in [2.05, 4.69) is 22.9 Å². The van der Waals surface area contributed by atoms with Crippen LogP contribution in [0.5, 0.6) is 17.2 Å². The molecule has 0 bridgehead atoms. The van der Waals surface area contributed by atoms with Gasteiger partial charge in [0.25, 0.3) is 11.6 Å². The van der Waals surface area contributed by atoms with Crippen molar-refractivity contribution < 1.29 is 33.9 Å². The maximum Gasteiger partial charge on any atom is 0.271 e. The van der Waals surface area contributed by atoms with Crippen LogP contribution in [0.1, 0.15) is 31.4 Å². The van der Waals surface area contributed by atoms with Crippen LogP contribution in [0.15, 0.2) is 65.1 Å². The number of aromatic hydroxyl groups is 1. The summed E-state index contributed by atoms with van der Waals surface area (Å²) >= 11 is 3.32. The van der Waals surface area contributed by atoms with Crippen LogP contribution in [0.3, 0.4) is 0 Å². The van der Waals surface area contributed by atoms with Crippen molar-refractivity contribution in [2.24, 2.45) is 5.92 Å². The smallest absolute Gasteiger partial charge is 0.271 e. The minimum Gasteiger partial charge on any atom is -0.503 e. The van der Waals surface area contributed by atoms with Crippen molar-refractivity contribution in [3.8, 4) is 17.2 Å². The second-order valence-corrected chi connectivity index (χ2v) is 10.2. The van der Waals surface area contributed by atoms with E-state index in [1.54, 1.807) is 42.5 Å². The number of fused-ring (bicyclic) bond motifs is 1. The number of imide groups is 1. The molecule has 3 atom stereocenters. The van der Waals surface area contributed by atoms with Gasteiger partial charge in [-0.05, 0) is 70.4 Å². The number of hydrogen-bond acceptors (Lipinski definition) is 9. The van der Waals surface area contributed by atoms with Crippen LogP contribution < -0.4 is 19.4 Å². The van der Waals surface area contributed by atoms with Gasteiger partial charge in [-0.15, -0.1) is 0 Å². The number of hydrogen-bond donors (Lipinski definition) is 1. The topological polar surface area (TPSA) is 132 Å². The van der Waals surface area contributed by atoms with Crippen LogP contribution in [0, 0.1) is 16.0 Å². The van der Waals surface area contributed by atoms with Crippen molar-refractivity contribution in [1.29, 1.82) is 0 Å². The van der Waals surface area contributed by atoms with Crippen LogP contribution in [0.25, 0.3) is 0 Å². The largest absolute Gasteiger partial charge is 0.503 e. The van der Waals surface area contributed by atoms with E-state index in [0.717, 1.165) is 17.7 Å². The molecule has 11 nitrogen and oxygen atoms in total. The second kappa shape index (κ2) is 11.1. The van der Waals surface area contributed by atoms with Crippen LogP contribution in [0.4, 0.5) is 17.1 Å². The average molecular weight is 612 g/mol. The first-order valence-electron chi connectivity index (χ1n) is 12.6. The summed E-state index contributed by atoms with van der Waals surface area (Å²) in [6, 6.07) is 14.7. The number of halogens is 1. The monoisotopic (exact) mass is 611 g/mol. The zero-order valence-electron chi connectivity index (χ0n) is 21.7. The summed E-state index contributed by atoms with van der Waals surface area (Å²) in [6.45, 7) is 2.63. The Hall–Kier alpha value is -4.16. The molecule has 12 heteroatoms. The van der Waals surface area contributed by atoms with E-state index >= 15 is 0 Å². The molecule has 0 spiro atoms. The van der Waals surface area contributed by atoms with Crippen LogP contribution in [-0.4, -0.2) is 41.7 Å². The summed E-state index contributed by atoms with van der Waals surface area (Å²) in [5, 5.41) is 23.2. The lowest BCUT2D eigenvalue weighted by atomic mass is 9.90. The zero-order valence-corrected chi connectivity index (χ0v) is 23.2. The quantitative estimate of drug-likeness (QED) is 0.148. The number of benzene rings is 3. The molecule has 2 heterocycles. The van der Waals surface area contributed by atoms with Gasteiger partial charge >= 0.3 is 0 Å². The fourth-order valence-electron chi connectivity index (χ4n) is 4.92. The molecular weight excluding hydrogens is 586 g/mol. The molecule has 5 rings (SSSR count). The molecule has 2 amide bonds. The summed E-state index contributed by atoms with van der Waals surface area (Å²) in [5.41, 5.74) is 0.976. The zero-order chi connectivity index (χ0) is 28.6. The number of phenolic OH excluding ortho intramolecular Hbond substituents is 1. The van der Waals surface area contributed by atoms with Gasteiger partial charge < -0.3 is 14.6 Å². The first-order valence-corrected chi connectivity index (χ1v) is 13.4. The molecule has 0 radical (unpaired) electrons. The van der Waals surface area contributed by atoms with Crippen molar-refractivity contribution in [2.75, 3.05) is 23.7 Å². The first-order chi connectivity index (χ1) is 19.2. The number of hydroxylamine groups is 1. The average Bonchev–Trinajstić information content (AvgIpc) is 3.46. The van der Waals surface area contributed by atoms with E-state index in [0.29, 0.717) is 28.1 Å². The molecule has 0 saturated carbocycles. The summed E-state index contributed by atoms with van der Waals surface area (Å²) in [5.74, 6) is -1.41. The molecule has 40 heavy (non-hydrogen) atoms. The van der Waals surface area contributed by atoms with Gasteiger partial charge in [0.1, 0.15) is 11.7 Å². The molecular formula is C28H26BrN3O8. The minimum absolute atomic E-state index is 0.138. The number of non-ortho nitro benzene ring substituents is 1. The van der Waals surface area contributed by atoms with Gasteiger partial charge in [-0.1, -0.05) is 19.4 Å². The van der Waals surface area contributed by atoms with Crippen LogP contribution in [-0.2, 0) is 14.4 Å². The van der Waals surface area contributed by atoms with Crippen molar-refractivity contribution in [3.63, 3.8) is 0 Å². The summed E-state index contributed by atoms with van der Waals surface area (Å²) < 4.78 is 11.3. The van der Waals surface area contributed by atoms with Gasteiger partial charge in [0, 0.05) is 12.1 Å². The van der Waals surface area contributed by atoms with Crippen LogP contribution >= 0.6 is 15.9 Å². The number of carbonyl (C=O) groups excluding carboxylic acids is 2. The number of anilines is 2. The Kier molecular flexibility index (Phi) is 7.63. The summed E-state index contributed by atoms with van der Waals surface area (Å²) in [7, 11) is 1.39. The molecule has 3 aromatic rings. The van der Waals surface area contributed by atoms with Gasteiger partial charge in [-0.25, -0.2) is 9.96 Å². The second-order valence-electron chi connectivity index (χ2n) is 9.36. The number of methoxy groups -OCH3 is 1. The summed E-state index contributed by atoms with van der Waals surface area (Å²) in [6.07, 6.45) is 0.720. The highest BCUT2D eigenvalue weighted by atomic mass is 79.9. The predicted molar refractivity (Wildman–Crippen MR) is 148 cm³/mol. The normalized spacial score (nSPS) is 20.1. The lowest BCUT2D eigenvalue weighted by Crippen LogP contribution is -2.37. The lowest BCUT2D eigenvalue weighted by Gasteiger charge is -2.29. The molecule has 0 aliphatic carbocycles. The van der Waals surface area contributed by atoms with Gasteiger partial charge in [-0.3, -0.25) is 24.5 Å². The predicted octanol–water partition coefficient (Wildman–Crippen LogP) is 5.30. The molecule has 1 N–H and O–H groups in total. The Balaban J connectivity index is 1.54. The number of unbranched alkanes of at least 4 members (excludes halogenated alkanes) is 1. The van der Waals surface area contributed by atoms with E-state index in [-0.39, 0.29) is 22.9 Å². The first kappa shape index (κ1) is 27.4. The maximum absolute atomic E-state index is 13.9. The minimum atomic E-state index is -1.18.